The van der Waals surface area contributed by atoms with Crippen LogP contribution < -0.4 is 0 Å². The number of hydrogen-bond donors (Lipinski definition) is 1. The number of carboxylic acids is 1. The molecule has 1 saturated heterocycles. The Morgan fingerprint density at radius 3 is 3.00 bits per heavy atom. The Morgan fingerprint density at radius 2 is 2.35 bits per heavy atom. The molecule has 1 unspecified atom stereocenters. The topological polar surface area (TPSA) is 40.5 Å². The summed E-state index contributed by atoms with van der Waals surface area (Å²) < 4.78 is 1.03. The summed E-state index contributed by atoms with van der Waals surface area (Å²) in [5.74, 6) is -0.718. The maximum absolute atomic E-state index is 11.3. The molecule has 3 nitrogen and oxygen atoms in total. The lowest BCUT2D eigenvalue weighted by atomic mass is 9.99. The number of aliphatic carboxylic acids is 1. The molecule has 1 atom stereocenters. The molecule has 1 aliphatic heterocycles. The van der Waals surface area contributed by atoms with Gasteiger partial charge in [-0.05, 0) is 44.0 Å². The van der Waals surface area contributed by atoms with Crippen molar-refractivity contribution in [3.05, 3.63) is 34.3 Å². The molecular weight excluding hydrogens is 282 g/mol. The van der Waals surface area contributed by atoms with Crippen LogP contribution in [0.5, 0.6) is 0 Å². The zero-order valence-electron chi connectivity index (χ0n) is 9.82. The van der Waals surface area contributed by atoms with Crippen molar-refractivity contribution >= 4 is 21.9 Å². The lowest BCUT2D eigenvalue weighted by Crippen LogP contribution is -2.47. The molecule has 0 saturated carbocycles. The predicted octanol–water partition coefficient (Wildman–Crippen LogP) is 2.89. The molecule has 0 radical (unpaired) electrons. The van der Waals surface area contributed by atoms with Crippen molar-refractivity contribution in [1.82, 2.24) is 4.90 Å². The minimum absolute atomic E-state index is 0.697. The molecule has 17 heavy (non-hydrogen) atoms. The minimum atomic E-state index is -0.718. The standard InChI is InChI=1S/C13H16BrNO2/c1-13(12(16)17)6-3-7-15(13)9-10-4-2-5-11(14)8-10/h2,4-5,8H,3,6-7,9H2,1H3,(H,16,17). The van der Waals surface area contributed by atoms with Gasteiger partial charge in [0.25, 0.3) is 0 Å². The van der Waals surface area contributed by atoms with Gasteiger partial charge in [-0.15, -0.1) is 0 Å². The van der Waals surface area contributed by atoms with Crippen LogP contribution in [-0.2, 0) is 11.3 Å². The zero-order valence-corrected chi connectivity index (χ0v) is 11.4. The van der Waals surface area contributed by atoms with Crippen LogP contribution in [0.3, 0.4) is 0 Å². The van der Waals surface area contributed by atoms with Crippen molar-refractivity contribution in [2.75, 3.05) is 6.54 Å². The van der Waals surface area contributed by atoms with Gasteiger partial charge in [-0.25, -0.2) is 0 Å². The highest BCUT2D eigenvalue weighted by Gasteiger charge is 2.42. The highest BCUT2D eigenvalue weighted by molar-refractivity contribution is 9.10. The van der Waals surface area contributed by atoms with E-state index >= 15 is 0 Å². The lowest BCUT2D eigenvalue weighted by molar-refractivity contribution is -0.148. The third-order valence-electron chi connectivity index (χ3n) is 3.51. The van der Waals surface area contributed by atoms with Crippen LogP contribution in [0.25, 0.3) is 0 Å². The summed E-state index contributed by atoms with van der Waals surface area (Å²) in [5, 5.41) is 9.32. The molecule has 0 spiro atoms. The maximum atomic E-state index is 11.3. The number of rotatable bonds is 3. The maximum Gasteiger partial charge on any atom is 0.323 e. The quantitative estimate of drug-likeness (QED) is 0.933. The van der Waals surface area contributed by atoms with Crippen molar-refractivity contribution in [2.45, 2.75) is 31.8 Å². The first-order valence-corrected chi connectivity index (χ1v) is 6.54. The summed E-state index contributed by atoms with van der Waals surface area (Å²) in [6.45, 7) is 3.37. The fourth-order valence-electron chi connectivity index (χ4n) is 2.37. The summed E-state index contributed by atoms with van der Waals surface area (Å²) in [6, 6.07) is 8.03. The molecule has 1 fully saturated rings. The van der Waals surface area contributed by atoms with Crippen LogP contribution in [0.2, 0.25) is 0 Å². The number of likely N-dealkylation sites (tertiary alicyclic amines) is 1. The van der Waals surface area contributed by atoms with Crippen LogP contribution in [0.15, 0.2) is 28.7 Å². The molecule has 4 heteroatoms. The smallest absolute Gasteiger partial charge is 0.323 e. The van der Waals surface area contributed by atoms with E-state index in [0.717, 1.165) is 29.4 Å². The highest BCUT2D eigenvalue weighted by Crippen LogP contribution is 2.31. The van der Waals surface area contributed by atoms with Crippen molar-refractivity contribution in [1.29, 1.82) is 0 Å². The average molecular weight is 298 g/mol. The summed E-state index contributed by atoms with van der Waals surface area (Å²) in [7, 11) is 0. The molecule has 0 amide bonds. The first-order valence-electron chi connectivity index (χ1n) is 5.75. The fourth-order valence-corrected chi connectivity index (χ4v) is 2.82. The molecule has 1 heterocycles. The molecule has 1 aromatic rings. The van der Waals surface area contributed by atoms with E-state index < -0.39 is 11.5 Å². The van der Waals surface area contributed by atoms with Gasteiger partial charge in [0.05, 0.1) is 0 Å². The monoisotopic (exact) mass is 297 g/mol. The summed E-state index contributed by atoms with van der Waals surface area (Å²) in [4.78, 5) is 13.4. The Kier molecular flexibility index (Phi) is 3.54. The SMILES string of the molecule is CC1(C(=O)O)CCCN1Cc1cccc(Br)c1. The second-order valence-corrected chi connectivity index (χ2v) is 5.65. The van der Waals surface area contributed by atoms with E-state index in [-0.39, 0.29) is 0 Å². The van der Waals surface area contributed by atoms with Gasteiger partial charge < -0.3 is 5.11 Å². The lowest BCUT2D eigenvalue weighted by Gasteiger charge is -2.31. The summed E-state index contributed by atoms with van der Waals surface area (Å²) >= 11 is 3.43. The van der Waals surface area contributed by atoms with E-state index in [4.69, 9.17) is 0 Å². The van der Waals surface area contributed by atoms with Gasteiger partial charge in [0.2, 0.25) is 0 Å². The Hall–Kier alpha value is -0.870. The third-order valence-corrected chi connectivity index (χ3v) is 4.01. The van der Waals surface area contributed by atoms with Crippen LogP contribution in [0.4, 0.5) is 0 Å². The molecule has 0 aromatic heterocycles. The van der Waals surface area contributed by atoms with Gasteiger partial charge in [0, 0.05) is 11.0 Å². The first kappa shape index (κ1) is 12.6. The Balaban J connectivity index is 2.16. The molecule has 0 aliphatic carbocycles. The van der Waals surface area contributed by atoms with Gasteiger partial charge in [-0.3, -0.25) is 9.69 Å². The summed E-state index contributed by atoms with van der Waals surface area (Å²) in [6.07, 6.45) is 1.69. The van der Waals surface area contributed by atoms with Gasteiger partial charge in [0.1, 0.15) is 5.54 Å². The molecule has 92 valence electrons. The number of benzene rings is 1. The van der Waals surface area contributed by atoms with Gasteiger partial charge in [-0.2, -0.15) is 0 Å². The van der Waals surface area contributed by atoms with Crippen molar-refractivity contribution < 1.29 is 9.90 Å². The minimum Gasteiger partial charge on any atom is -0.480 e. The van der Waals surface area contributed by atoms with E-state index in [1.165, 1.54) is 0 Å². The molecule has 1 aliphatic rings. The van der Waals surface area contributed by atoms with Crippen LogP contribution in [0, 0.1) is 0 Å². The van der Waals surface area contributed by atoms with E-state index in [2.05, 4.69) is 20.8 Å². The van der Waals surface area contributed by atoms with Crippen LogP contribution in [0.1, 0.15) is 25.3 Å². The summed E-state index contributed by atoms with van der Waals surface area (Å²) in [5.41, 5.74) is 0.441. The number of hydrogen-bond acceptors (Lipinski definition) is 2. The second-order valence-electron chi connectivity index (χ2n) is 4.73. The highest BCUT2D eigenvalue weighted by atomic mass is 79.9. The van der Waals surface area contributed by atoms with Gasteiger partial charge >= 0.3 is 5.97 Å². The van der Waals surface area contributed by atoms with E-state index in [1.54, 1.807) is 0 Å². The Labute approximate surface area is 110 Å². The number of carboxylic acid groups (broad SMARTS) is 1. The van der Waals surface area contributed by atoms with Gasteiger partial charge in [0.15, 0.2) is 0 Å². The Bertz CT molecular complexity index is 435. The van der Waals surface area contributed by atoms with Crippen LogP contribution >= 0.6 is 15.9 Å². The van der Waals surface area contributed by atoms with Crippen LogP contribution in [-0.4, -0.2) is 28.1 Å². The molecule has 0 bridgehead atoms. The van der Waals surface area contributed by atoms with E-state index in [1.807, 2.05) is 31.2 Å². The predicted molar refractivity (Wildman–Crippen MR) is 69.8 cm³/mol. The normalized spacial score (nSPS) is 25.1. The zero-order chi connectivity index (χ0) is 12.5. The largest absolute Gasteiger partial charge is 0.480 e. The number of nitrogens with zero attached hydrogens (tertiary/aromatic N) is 1. The molecular formula is C13H16BrNO2. The average Bonchev–Trinajstić information content (AvgIpc) is 2.62. The Morgan fingerprint density at radius 1 is 1.59 bits per heavy atom. The fraction of sp³-hybridized carbons (Fsp3) is 0.462. The van der Waals surface area contributed by atoms with Crippen molar-refractivity contribution in [2.24, 2.45) is 0 Å². The van der Waals surface area contributed by atoms with Crippen molar-refractivity contribution in [3.63, 3.8) is 0 Å². The van der Waals surface area contributed by atoms with E-state index in [9.17, 15) is 9.90 Å². The van der Waals surface area contributed by atoms with Gasteiger partial charge in [-0.1, -0.05) is 28.1 Å². The molecule has 1 aromatic carbocycles. The molecule has 1 N–H and O–H groups in total. The number of carbonyl (C=O) groups is 1. The number of halogens is 1. The second kappa shape index (κ2) is 4.78. The third kappa shape index (κ3) is 2.53. The van der Waals surface area contributed by atoms with E-state index in [0.29, 0.717) is 6.54 Å². The first-order chi connectivity index (χ1) is 8.02. The van der Waals surface area contributed by atoms with Crippen molar-refractivity contribution in [3.8, 4) is 0 Å². The molecule has 2 rings (SSSR count).